The predicted molar refractivity (Wildman–Crippen MR) is 105 cm³/mol. The Hall–Kier alpha value is -1.85. The number of nitrogens with zero attached hydrogens (tertiary/aromatic N) is 2. The van der Waals surface area contributed by atoms with Crippen LogP contribution < -0.4 is 10.1 Å². The molecule has 0 aromatic heterocycles. The van der Waals surface area contributed by atoms with Crippen molar-refractivity contribution < 1.29 is 31.1 Å². The summed E-state index contributed by atoms with van der Waals surface area (Å²) < 4.78 is 69.3. The highest BCUT2D eigenvalue weighted by atomic mass is 32.2. The maximum absolute atomic E-state index is 12.9. The lowest BCUT2D eigenvalue weighted by Crippen LogP contribution is -2.33. The van der Waals surface area contributed by atoms with E-state index in [2.05, 4.69) is 5.32 Å². The van der Waals surface area contributed by atoms with Crippen LogP contribution in [0.3, 0.4) is 0 Å². The number of hydrogen-bond acceptors (Lipinski definition) is 5. The predicted octanol–water partition coefficient (Wildman–Crippen LogP) is 2.94. The third-order valence-corrected chi connectivity index (χ3v) is 6.11. The second-order valence-corrected chi connectivity index (χ2v) is 8.24. The molecule has 29 heavy (non-hydrogen) atoms. The van der Waals surface area contributed by atoms with Crippen molar-refractivity contribution in [2.75, 3.05) is 45.2 Å². The number of sulfonamides is 1. The smallest absolute Gasteiger partial charge is 0.390 e. The summed E-state index contributed by atoms with van der Waals surface area (Å²) in [5, 5.41) is 2.53. The molecule has 0 fully saturated rings. The maximum Gasteiger partial charge on any atom is 0.390 e. The molecular formula is C18H28F3N3O4S. The Kier molecular flexibility index (Phi) is 9.37. The van der Waals surface area contributed by atoms with Gasteiger partial charge in [-0.3, -0.25) is 9.69 Å². The number of rotatable bonds is 11. The van der Waals surface area contributed by atoms with E-state index in [9.17, 15) is 26.4 Å². The molecule has 7 nitrogen and oxygen atoms in total. The highest BCUT2D eigenvalue weighted by molar-refractivity contribution is 7.89. The Morgan fingerprint density at radius 1 is 1.17 bits per heavy atom. The summed E-state index contributed by atoms with van der Waals surface area (Å²) in [6.45, 7) is 5.36. The van der Waals surface area contributed by atoms with Crippen LogP contribution >= 0.6 is 0 Å². The normalized spacial score (nSPS) is 12.4. The van der Waals surface area contributed by atoms with Crippen molar-refractivity contribution >= 4 is 21.6 Å². The lowest BCUT2D eigenvalue weighted by Gasteiger charge is -2.21. The third-order valence-electron chi connectivity index (χ3n) is 4.04. The zero-order chi connectivity index (χ0) is 22.2. The number of anilines is 1. The van der Waals surface area contributed by atoms with Crippen LogP contribution in [-0.2, 0) is 14.8 Å². The number of nitrogens with one attached hydrogen (secondary N) is 1. The number of likely N-dealkylation sites (N-methyl/N-ethyl adjacent to an activating group) is 1. The van der Waals surface area contributed by atoms with Crippen LogP contribution in [0.5, 0.6) is 5.75 Å². The summed E-state index contributed by atoms with van der Waals surface area (Å²) in [5.41, 5.74) is 0.216. The van der Waals surface area contributed by atoms with Gasteiger partial charge in [0, 0.05) is 25.3 Å². The quantitative estimate of drug-likeness (QED) is 0.574. The van der Waals surface area contributed by atoms with E-state index in [1.54, 1.807) is 20.8 Å². The summed E-state index contributed by atoms with van der Waals surface area (Å²) >= 11 is 0. The Labute approximate surface area is 169 Å². The molecule has 1 rings (SSSR count). The Morgan fingerprint density at radius 3 is 2.31 bits per heavy atom. The van der Waals surface area contributed by atoms with Crippen LogP contribution in [-0.4, -0.2) is 69.5 Å². The van der Waals surface area contributed by atoms with Crippen molar-refractivity contribution in [3.8, 4) is 5.75 Å². The summed E-state index contributed by atoms with van der Waals surface area (Å²) in [5.74, 6) is -0.385. The number of carbonyl (C=O) groups is 1. The molecule has 0 aliphatic rings. The first kappa shape index (κ1) is 25.2. The van der Waals surface area contributed by atoms with E-state index in [4.69, 9.17) is 4.74 Å². The van der Waals surface area contributed by atoms with E-state index in [1.807, 2.05) is 0 Å². The average Bonchev–Trinajstić information content (AvgIpc) is 2.61. The highest BCUT2D eigenvalue weighted by Crippen LogP contribution is 2.30. The largest absolute Gasteiger partial charge is 0.492 e. The molecule has 0 saturated carbocycles. The van der Waals surface area contributed by atoms with Gasteiger partial charge in [-0.05, 0) is 32.2 Å². The molecule has 0 saturated heterocycles. The average molecular weight is 440 g/mol. The fraction of sp³-hybridized carbons (Fsp3) is 0.611. The molecule has 0 heterocycles. The molecule has 1 N–H and O–H groups in total. The van der Waals surface area contributed by atoms with E-state index in [0.717, 1.165) is 0 Å². The van der Waals surface area contributed by atoms with Gasteiger partial charge < -0.3 is 10.1 Å². The van der Waals surface area contributed by atoms with Crippen molar-refractivity contribution in [2.45, 2.75) is 38.3 Å². The van der Waals surface area contributed by atoms with Gasteiger partial charge in [0.15, 0.2) is 0 Å². The van der Waals surface area contributed by atoms with E-state index in [1.165, 1.54) is 34.5 Å². The van der Waals surface area contributed by atoms with Crippen LogP contribution in [0.15, 0.2) is 23.1 Å². The molecular weight excluding hydrogens is 411 g/mol. The van der Waals surface area contributed by atoms with Gasteiger partial charge in [0.2, 0.25) is 15.9 Å². The van der Waals surface area contributed by atoms with Crippen molar-refractivity contribution in [1.82, 2.24) is 9.21 Å². The third kappa shape index (κ3) is 7.82. The summed E-state index contributed by atoms with van der Waals surface area (Å²) in [4.78, 5) is 13.3. The molecule has 0 radical (unpaired) electrons. The number of alkyl halides is 3. The lowest BCUT2D eigenvalue weighted by atomic mass is 10.3. The van der Waals surface area contributed by atoms with Gasteiger partial charge in [-0.25, -0.2) is 8.42 Å². The molecule has 0 aliphatic carbocycles. The number of hydrogen-bond donors (Lipinski definition) is 1. The van der Waals surface area contributed by atoms with E-state index in [0.29, 0.717) is 0 Å². The number of carbonyl (C=O) groups excluding carboxylic acids is 1. The first-order valence-corrected chi connectivity index (χ1v) is 10.7. The molecule has 0 unspecified atom stereocenters. The second-order valence-electron chi connectivity index (χ2n) is 6.33. The molecule has 1 aromatic rings. The topological polar surface area (TPSA) is 79.0 Å². The zero-order valence-corrected chi connectivity index (χ0v) is 17.9. The standard InChI is InChI=1S/C18H28F3N3O4S/c1-5-24(6-2)29(26,27)16-12-14(8-9-15(16)28-7-3)22-17(25)13-23(4)11-10-18(19,20)21/h8-9,12H,5-7,10-11,13H2,1-4H3,(H,22,25). The van der Waals surface area contributed by atoms with Gasteiger partial charge in [-0.15, -0.1) is 0 Å². The minimum absolute atomic E-state index is 0.0775. The fourth-order valence-electron chi connectivity index (χ4n) is 2.61. The number of benzene rings is 1. The van der Waals surface area contributed by atoms with Gasteiger partial charge in [0.25, 0.3) is 0 Å². The van der Waals surface area contributed by atoms with Gasteiger partial charge in [-0.1, -0.05) is 13.8 Å². The zero-order valence-electron chi connectivity index (χ0n) is 17.0. The van der Waals surface area contributed by atoms with Crippen LogP contribution in [0, 0.1) is 0 Å². The summed E-state index contributed by atoms with van der Waals surface area (Å²) in [6, 6.07) is 4.23. The Balaban J connectivity index is 3.00. The van der Waals surface area contributed by atoms with Crippen molar-refractivity contribution in [1.29, 1.82) is 0 Å². The van der Waals surface area contributed by atoms with Gasteiger partial charge >= 0.3 is 6.18 Å². The molecule has 1 aromatic carbocycles. The number of ether oxygens (including phenoxy) is 1. The van der Waals surface area contributed by atoms with Crippen molar-refractivity contribution in [3.63, 3.8) is 0 Å². The summed E-state index contributed by atoms with van der Waals surface area (Å²) in [7, 11) is -2.44. The van der Waals surface area contributed by atoms with E-state index in [-0.39, 0.29) is 49.1 Å². The molecule has 0 bridgehead atoms. The molecule has 0 spiro atoms. The first-order chi connectivity index (χ1) is 13.4. The molecule has 166 valence electrons. The highest BCUT2D eigenvalue weighted by Gasteiger charge is 2.28. The maximum atomic E-state index is 12.9. The first-order valence-electron chi connectivity index (χ1n) is 9.26. The minimum Gasteiger partial charge on any atom is -0.492 e. The lowest BCUT2D eigenvalue weighted by molar-refractivity contribution is -0.138. The number of amides is 1. The molecule has 0 aliphatic heterocycles. The molecule has 11 heteroatoms. The minimum atomic E-state index is -4.30. The van der Waals surface area contributed by atoms with Crippen LogP contribution in [0.25, 0.3) is 0 Å². The van der Waals surface area contributed by atoms with Gasteiger partial charge in [-0.2, -0.15) is 17.5 Å². The van der Waals surface area contributed by atoms with Crippen molar-refractivity contribution in [2.24, 2.45) is 0 Å². The van der Waals surface area contributed by atoms with Gasteiger partial charge in [0.05, 0.1) is 19.6 Å². The molecule has 0 atom stereocenters. The fourth-order valence-corrected chi connectivity index (χ4v) is 4.22. The second kappa shape index (κ2) is 10.8. The van der Waals surface area contributed by atoms with Crippen LogP contribution in [0.1, 0.15) is 27.2 Å². The SMILES string of the molecule is CCOc1ccc(NC(=O)CN(C)CCC(F)(F)F)cc1S(=O)(=O)N(CC)CC. The Bertz CT molecular complexity index is 781. The van der Waals surface area contributed by atoms with Crippen molar-refractivity contribution in [3.05, 3.63) is 18.2 Å². The number of halogens is 3. The van der Waals surface area contributed by atoms with Gasteiger partial charge in [0.1, 0.15) is 10.6 Å². The molecule has 1 amide bonds. The van der Waals surface area contributed by atoms with E-state index >= 15 is 0 Å². The van der Waals surface area contributed by atoms with E-state index < -0.39 is 28.5 Å². The monoisotopic (exact) mass is 439 g/mol. The summed E-state index contributed by atoms with van der Waals surface area (Å²) in [6.07, 6.45) is -5.32. The van der Waals surface area contributed by atoms with Crippen LogP contribution in [0.2, 0.25) is 0 Å². The Morgan fingerprint density at radius 2 is 1.79 bits per heavy atom. The van der Waals surface area contributed by atoms with Crippen LogP contribution in [0.4, 0.5) is 18.9 Å².